The average Bonchev–Trinajstić information content (AvgIpc) is 1.90. The van der Waals surface area contributed by atoms with Gasteiger partial charge < -0.3 is 15.0 Å². The van der Waals surface area contributed by atoms with E-state index in [9.17, 15) is 0 Å². The van der Waals surface area contributed by atoms with Crippen LogP contribution in [0.5, 0.6) is 0 Å². The smallest absolute Gasteiger partial charge is 0.401 e. The summed E-state index contributed by atoms with van der Waals surface area (Å²) in [5, 5.41) is 25.7. The molecule has 0 unspecified atom stereocenters. The van der Waals surface area contributed by atoms with Gasteiger partial charge in [0.25, 0.3) is 0 Å². The molecule has 0 atom stereocenters. The van der Waals surface area contributed by atoms with Gasteiger partial charge in [0.2, 0.25) is 0 Å². The zero-order valence-electron chi connectivity index (χ0n) is 5.60. The normalized spacial score (nSPS) is 7.82. The lowest BCUT2D eigenvalue weighted by molar-refractivity contribution is -0.668. The zero-order chi connectivity index (χ0) is 9.28. The van der Waals surface area contributed by atoms with E-state index in [-0.39, 0.29) is 6.61 Å². The Morgan fingerprint density at radius 2 is 2.09 bits per heavy atom. The second kappa shape index (κ2) is 8.75. The molecule has 0 aromatic carbocycles. The Labute approximate surface area is 61.7 Å². The summed E-state index contributed by atoms with van der Waals surface area (Å²) in [6.07, 6.45) is -2.27. The number of hydrogen-bond acceptors (Lipinski definition) is 6. The van der Waals surface area contributed by atoms with Gasteiger partial charge in [-0.15, -0.1) is 0 Å². The van der Waals surface area contributed by atoms with Crippen molar-refractivity contribution in [3.63, 3.8) is 0 Å². The Kier molecular flexibility index (Phi) is 9.89. The van der Waals surface area contributed by atoms with Crippen LogP contribution in [0.25, 0.3) is 0 Å². The minimum absolute atomic E-state index is 0.163. The molecule has 0 saturated heterocycles. The van der Waals surface area contributed by atoms with Crippen LogP contribution in [0.4, 0.5) is 4.79 Å². The summed E-state index contributed by atoms with van der Waals surface area (Å²) >= 11 is 0. The van der Waals surface area contributed by atoms with Crippen LogP contribution in [-0.2, 0) is 0 Å². The number of carbonyl (C=O) groups excluding carboxylic acids is 1. The molecule has 8 heteroatoms. The van der Waals surface area contributed by atoms with Gasteiger partial charge in [-0.3, -0.25) is 15.5 Å². The number of rotatable bonds is 2. The van der Waals surface area contributed by atoms with Crippen molar-refractivity contribution in [2.75, 3.05) is 13.2 Å². The molecule has 66 valence electrons. The SMILES string of the molecule is N[NH2+]CCO.O=C([O-])[N+](=O)[O-]. The summed E-state index contributed by atoms with van der Waals surface area (Å²) in [5.41, 5.74) is 1.43. The van der Waals surface area contributed by atoms with Gasteiger partial charge in [-0.05, 0) is 0 Å². The highest BCUT2D eigenvalue weighted by Gasteiger charge is 1.91. The Bertz CT molecular complexity index is 112. The minimum atomic E-state index is -2.27. The van der Waals surface area contributed by atoms with Crippen LogP contribution >= 0.6 is 0 Å². The predicted molar refractivity (Wildman–Crippen MR) is 30.5 cm³/mol. The molecule has 0 fully saturated rings. The lowest BCUT2D eigenvalue weighted by Gasteiger charge is -1.81. The highest BCUT2D eigenvalue weighted by atomic mass is 16.7. The summed E-state index contributed by atoms with van der Waals surface area (Å²) in [6, 6.07) is 0. The number of carboxylic acid groups (broad SMARTS) is 1. The summed E-state index contributed by atoms with van der Waals surface area (Å²) in [6.45, 7) is 0.760. The summed E-state index contributed by atoms with van der Waals surface area (Å²) in [5.74, 6) is 4.85. The van der Waals surface area contributed by atoms with Crippen molar-refractivity contribution < 1.29 is 25.4 Å². The fraction of sp³-hybridized carbons (Fsp3) is 0.667. The topological polar surface area (TPSA) is 146 Å². The number of aliphatic hydroxyl groups excluding tert-OH is 1. The number of nitro groups is 1. The van der Waals surface area contributed by atoms with Crippen molar-refractivity contribution >= 4 is 6.09 Å². The molecule has 11 heavy (non-hydrogen) atoms. The first-order chi connectivity index (χ1) is 5.06. The molecule has 8 nitrogen and oxygen atoms in total. The first-order valence-corrected chi connectivity index (χ1v) is 2.55. The molecule has 0 aliphatic carbocycles. The van der Waals surface area contributed by atoms with Crippen molar-refractivity contribution in [2.45, 2.75) is 0 Å². The highest BCUT2D eigenvalue weighted by molar-refractivity contribution is 5.51. The molecule has 0 aliphatic rings. The number of aliphatic hydroxyl groups is 1. The minimum Gasteiger partial charge on any atom is -0.486 e. The van der Waals surface area contributed by atoms with E-state index in [0.717, 1.165) is 0 Å². The Balaban J connectivity index is 0. The molecule has 0 rings (SSSR count). The zero-order valence-corrected chi connectivity index (χ0v) is 5.60. The predicted octanol–water partition coefficient (Wildman–Crippen LogP) is -3.98. The van der Waals surface area contributed by atoms with Gasteiger partial charge in [0.05, 0.1) is 11.5 Å². The van der Waals surface area contributed by atoms with Crippen LogP contribution in [0.2, 0.25) is 0 Å². The van der Waals surface area contributed by atoms with E-state index >= 15 is 0 Å². The molecule has 0 bridgehead atoms. The van der Waals surface area contributed by atoms with Crippen LogP contribution < -0.4 is 16.4 Å². The van der Waals surface area contributed by atoms with Crippen LogP contribution in [0.15, 0.2) is 0 Å². The summed E-state index contributed by atoms with van der Waals surface area (Å²) < 4.78 is 0. The Hall–Kier alpha value is -1.25. The largest absolute Gasteiger partial charge is 0.486 e. The third-order valence-corrected chi connectivity index (χ3v) is 0.445. The monoisotopic (exact) mass is 167 g/mol. The Morgan fingerprint density at radius 1 is 1.73 bits per heavy atom. The first-order valence-electron chi connectivity index (χ1n) is 2.55. The lowest BCUT2D eigenvalue weighted by atomic mass is 10.7. The second-order valence-corrected chi connectivity index (χ2v) is 1.27. The number of quaternary nitrogens is 1. The molecule has 5 N–H and O–H groups in total. The first kappa shape index (κ1) is 12.4. The Morgan fingerprint density at radius 3 is 2.09 bits per heavy atom. The van der Waals surface area contributed by atoms with Crippen LogP contribution in [0.1, 0.15) is 0 Å². The molecule has 0 aromatic rings. The van der Waals surface area contributed by atoms with Gasteiger partial charge in [-0.1, -0.05) is 0 Å². The number of nitrogens with two attached hydrogens (primary N) is 2. The van der Waals surface area contributed by atoms with Crippen molar-refractivity contribution in [3.05, 3.63) is 10.1 Å². The summed E-state index contributed by atoms with van der Waals surface area (Å²) in [4.78, 5) is 16.2. The fourth-order valence-corrected chi connectivity index (χ4v) is 0.0745. The number of hydrogen-bond donors (Lipinski definition) is 3. The fourth-order valence-electron chi connectivity index (χ4n) is 0.0745. The second-order valence-electron chi connectivity index (χ2n) is 1.27. The number of nitrogens with zero attached hydrogens (tertiary/aromatic N) is 1. The lowest BCUT2D eigenvalue weighted by Crippen LogP contribution is -2.91. The van der Waals surface area contributed by atoms with Gasteiger partial charge in [0.1, 0.15) is 6.54 Å². The molecule has 0 saturated carbocycles. The van der Waals surface area contributed by atoms with E-state index in [1.165, 1.54) is 5.43 Å². The molecule has 1 amide bonds. The van der Waals surface area contributed by atoms with Gasteiger partial charge in [-0.2, -0.15) is 5.84 Å². The van der Waals surface area contributed by atoms with Crippen molar-refractivity contribution in [1.82, 2.24) is 0 Å². The van der Waals surface area contributed by atoms with Crippen molar-refractivity contribution in [2.24, 2.45) is 5.84 Å². The number of carbonyl (C=O) groups is 1. The van der Waals surface area contributed by atoms with Gasteiger partial charge >= 0.3 is 6.09 Å². The third kappa shape index (κ3) is 17.7. The van der Waals surface area contributed by atoms with Crippen molar-refractivity contribution in [3.8, 4) is 0 Å². The quantitative estimate of drug-likeness (QED) is 0.217. The van der Waals surface area contributed by atoms with E-state index < -0.39 is 11.0 Å². The van der Waals surface area contributed by atoms with E-state index in [1.807, 2.05) is 0 Å². The van der Waals surface area contributed by atoms with Crippen molar-refractivity contribution in [1.29, 1.82) is 0 Å². The summed E-state index contributed by atoms with van der Waals surface area (Å²) in [7, 11) is 0. The van der Waals surface area contributed by atoms with E-state index in [2.05, 4.69) is 0 Å². The molecule has 0 radical (unpaired) electrons. The highest BCUT2D eigenvalue weighted by Crippen LogP contribution is 1.58. The van der Waals surface area contributed by atoms with Gasteiger partial charge in [-0.25, -0.2) is 0 Å². The van der Waals surface area contributed by atoms with Gasteiger partial charge in [0.15, 0.2) is 0 Å². The van der Waals surface area contributed by atoms with E-state index in [4.69, 9.17) is 31.0 Å². The standard InChI is InChI=1S/C2H8N2O.CHNO4/c3-4-1-2-5;3-1(4)2(5)6/h4-5H,1-3H2;(H,3,4). The molecule has 0 aromatic heterocycles. The maximum absolute atomic E-state index is 8.89. The van der Waals surface area contributed by atoms with E-state index in [0.29, 0.717) is 6.54 Å². The molecular weight excluding hydrogens is 158 g/mol. The number of amides is 1. The maximum Gasteiger partial charge on any atom is 0.401 e. The van der Waals surface area contributed by atoms with Crippen LogP contribution in [0, 0.1) is 10.1 Å². The molecule has 0 heterocycles. The molecule has 0 spiro atoms. The third-order valence-electron chi connectivity index (χ3n) is 0.445. The van der Waals surface area contributed by atoms with Crippen LogP contribution in [0.3, 0.4) is 0 Å². The average molecular weight is 167 g/mol. The van der Waals surface area contributed by atoms with Crippen LogP contribution in [-0.4, -0.2) is 29.3 Å². The molecular formula is C3H9N3O5. The van der Waals surface area contributed by atoms with Gasteiger partial charge in [0, 0.05) is 0 Å². The molecule has 0 aliphatic heterocycles. The van der Waals surface area contributed by atoms with E-state index in [1.54, 1.807) is 0 Å². The maximum atomic E-state index is 8.89.